The van der Waals surface area contributed by atoms with Crippen LogP contribution in [0.5, 0.6) is 0 Å². The molecule has 0 amide bonds. The number of ketones is 2. The van der Waals surface area contributed by atoms with E-state index in [-0.39, 0.29) is 47.3 Å². The predicted molar refractivity (Wildman–Crippen MR) is 109 cm³/mol. The average molecular weight is 475 g/mol. The summed E-state index contributed by atoms with van der Waals surface area (Å²) in [5.41, 5.74) is -1.61. The summed E-state index contributed by atoms with van der Waals surface area (Å²) in [6.45, 7) is 2.70. The SMILES string of the molecule is CCS(=O)(=O)N(CCOC)C1=C(C(=O)c2ccc(C(F)(F)F)nc2C)C(=O)C2CCC1C2. The summed E-state index contributed by atoms with van der Waals surface area (Å²) in [6.07, 6.45) is -3.16. The maximum atomic E-state index is 13.5. The zero-order valence-corrected chi connectivity index (χ0v) is 18.8. The zero-order valence-electron chi connectivity index (χ0n) is 18.0. The number of aryl methyl sites for hydroxylation is 1. The highest BCUT2D eigenvalue weighted by atomic mass is 32.2. The van der Waals surface area contributed by atoms with E-state index in [4.69, 9.17) is 4.74 Å². The second kappa shape index (κ2) is 8.93. The molecule has 0 radical (unpaired) electrons. The van der Waals surface area contributed by atoms with Crippen molar-refractivity contribution in [3.63, 3.8) is 0 Å². The van der Waals surface area contributed by atoms with Gasteiger partial charge in [-0.1, -0.05) is 0 Å². The van der Waals surface area contributed by atoms with Gasteiger partial charge in [-0.2, -0.15) is 13.2 Å². The fraction of sp³-hybridized carbons (Fsp3) is 0.571. The van der Waals surface area contributed by atoms with Crippen LogP contribution < -0.4 is 0 Å². The lowest BCUT2D eigenvalue weighted by Gasteiger charge is -2.34. The minimum Gasteiger partial charge on any atom is -0.383 e. The van der Waals surface area contributed by atoms with Crippen LogP contribution in [0, 0.1) is 18.8 Å². The van der Waals surface area contributed by atoms with Crippen LogP contribution in [0.15, 0.2) is 23.4 Å². The molecule has 1 heterocycles. The number of nitrogens with zero attached hydrogens (tertiary/aromatic N) is 2. The lowest BCUT2D eigenvalue weighted by atomic mass is 9.82. The number of carbonyl (C=O) groups is 2. The van der Waals surface area contributed by atoms with Crippen molar-refractivity contribution in [1.29, 1.82) is 0 Å². The average Bonchev–Trinajstić information content (AvgIpc) is 3.16. The van der Waals surface area contributed by atoms with Gasteiger partial charge in [-0.25, -0.2) is 13.4 Å². The van der Waals surface area contributed by atoms with Gasteiger partial charge in [-0.05, 0) is 45.2 Å². The van der Waals surface area contributed by atoms with Crippen molar-refractivity contribution in [2.45, 2.75) is 39.3 Å². The molecule has 2 atom stereocenters. The van der Waals surface area contributed by atoms with E-state index in [0.717, 1.165) is 10.4 Å². The number of sulfonamides is 1. The molecule has 2 aliphatic rings. The van der Waals surface area contributed by atoms with Gasteiger partial charge in [0.2, 0.25) is 10.0 Å². The molecule has 0 aliphatic heterocycles. The van der Waals surface area contributed by atoms with Crippen LogP contribution in [0.1, 0.15) is 47.9 Å². The number of alkyl halides is 3. The number of rotatable bonds is 8. The first-order valence-corrected chi connectivity index (χ1v) is 11.9. The fourth-order valence-electron chi connectivity index (χ4n) is 4.39. The van der Waals surface area contributed by atoms with Crippen molar-refractivity contribution in [2.75, 3.05) is 26.0 Å². The van der Waals surface area contributed by atoms with Crippen LogP contribution in [0.3, 0.4) is 0 Å². The third-order valence-corrected chi connectivity index (χ3v) is 7.79. The van der Waals surface area contributed by atoms with Gasteiger partial charge in [-0.3, -0.25) is 13.9 Å². The summed E-state index contributed by atoms with van der Waals surface area (Å²) in [5, 5.41) is 0. The molecule has 0 N–H and O–H groups in total. The summed E-state index contributed by atoms with van der Waals surface area (Å²) in [6, 6.07) is 1.68. The molecule has 1 aromatic rings. The Balaban J connectivity index is 2.18. The van der Waals surface area contributed by atoms with Crippen LogP contribution >= 0.6 is 0 Å². The Morgan fingerprint density at radius 3 is 2.47 bits per heavy atom. The molecule has 0 saturated heterocycles. The quantitative estimate of drug-likeness (QED) is 0.425. The Morgan fingerprint density at radius 2 is 1.91 bits per heavy atom. The number of pyridine rings is 1. The van der Waals surface area contributed by atoms with Crippen LogP contribution in [0.4, 0.5) is 13.2 Å². The van der Waals surface area contributed by atoms with E-state index in [1.165, 1.54) is 21.0 Å². The van der Waals surface area contributed by atoms with Crippen molar-refractivity contribution in [3.05, 3.63) is 40.4 Å². The number of Topliss-reactive ketones (excluding diaryl/α,β-unsaturated/α-hetero) is 2. The Hall–Kier alpha value is -2.27. The third kappa shape index (κ3) is 4.45. The van der Waals surface area contributed by atoms with Gasteiger partial charge in [0.1, 0.15) is 5.69 Å². The van der Waals surface area contributed by atoms with Crippen LogP contribution in [-0.4, -0.2) is 55.3 Å². The fourth-order valence-corrected chi connectivity index (χ4v) is 5.60. The lowest BCUT2D eigenvalue weighted by molar-refractivity contribution is -0.141. The van der Waals surface area contributed by atoms with Gasteiger partial charge in [0.05, 0.1) is 24.5 Å². The smallest absolute Gasteiger partial charge is 0.383 e. The predicted octanol–water partition coefficient (Wildman–Crippen LogP) is 3.14. The number of allylic oxidation sites excluding steroid dienone is 2. The molecule has 2 aliphatic carbocycles. The van der Waals surface area contributed by atoms with E-state index in [1.807, 2.05) is 0 Å². The highest BCUT2D eigenvalue weighted by Crippen LogP contribution is 2.46. The number of fused-ring (bicyclic) bond motifs is 2. The molecule has 1 aromatic heterocycles. The zero-order chi connectivity index (χ0) is 23.8. The van der Waals surface area contributed by atoms with Gasteiger partial charge in [0, 0.05) is 35.9 Å². The Bertz CT molecular complexity index is 1070. The molecule has 3 rings (SSSR count). The molecule has 0 spiro atoms. The number of hydrogen-bond donors (Lipinski definition) is 0. The molecule has 0 aromatic carbocycles. The summed E-state index contributed by atoms with van der Waals surface area (Å²) >= 11 is 0. The van der Waals surface area contributed by atoms with Gasteiger partial charge in [0.25, 0.3) is 0 Å². The molecule has 11 heteroatoms. The molecule has 1 fully saturated rings. The second-order valence-corrected chi connectivity index (χ2v) is 10.1. The van der Waals surface area contributed by atoms with Crippen molar-refractivity contribution >= 4 is 21.6 Å². The number of halogens is 3. The maximum absolute atomic E-state index is 13.5. The highest BCUT2D eigenvalue weighted by molar-refractivity contribution is 7.89. The van der Waals surface area contributed by atoms with E-state index in [9.17, 15) is 31.2 Å². The van der Waals surface area contributed by atoms with Crippen molar-refractivity contribution in [3.8, 4) is 0 Å². The molecule has 2 unspecified atom stereocenters. The number of aromatic nitrogens is 1. The number of ether oxygens (including phenoxy) is 1. The van der Waals surface area contributed by atoms with E-state index in [0.29, 0.717) is 25.3 Å². The van der Waals surface area contributed by atoms with Crippen LogP contribution in [0.2, 0.25) is 0 Å². The first kappa shape index (κ1) is 24.4. The van der Waals surface area contributed by atoms with E-state index >= 15 is 0 Å². The molecule has 176 valence electrons. The van der Waals surface area contributed by atoms with E-state index in [2.05, 4.69) is 4.98 Å². The molecule has 1 saturated carbocycles. The van der Waals surface area contributed by atoms with Crippen molar-refractivity contribution in [1.82, 2.24) is 9.29 Å². The molecule has 2 bridgehead atoms. The molecular weight excluding hydrogens is 449 g/mol. The third-order valence-electron chi connectivity index (χ3n) is 6.01. The lowest BCUT2D eigenvalue weighted by Crippen LogP contribution is -2.41. The van der Waals surface area contributed by atoms with Crippen molar-refractivity contribution < 1.29 is 35.9 Å². The summed E-state index contributed by atoms with van der Waals surface area (Å²) in [5.74, 6) is -2.22. The van der Waals surface area contributed by atoms with Gasteiger partial charge < -0.3 is 4.74 Å². The normalized spacial score (nSPS) is 21.2. The number of carbonyl (C=O) groups excluding carboxylic acids is 2. The van der Waals surface area contributed by atoms with Crippen LogP contribution in [0.25, 0.3) is 0 Å². The van der Waals surface area contributed by atoms with Gasteiger partial charge >= 0.3 is 6.18 Å². The molecule has 32 heavy (non-hydrogen) atoms. The Labute approximate surface area is 184 Å². The molecule has 7 nitrogen and oxygen atoms in total. The van der Waals surface area contributed by atoms with E-state index < -0.39 is 39.4 Å². The first-order chi connectivity index (χ1) is 14.9. The largest absolute Gasteiger partial charge is 0.433 e. The summed E-state index contributed by atoms with van der Waals surface area (Å²) in [4.78, 5) is 30.2. The van der Waals surface area contributed by atoms with Crippen molar-refractivity contribution in [2.24, 2.45) is 11.8 Å². The topological polar surface area (TPSA) is 93.6 Å². The minimum atomic E-state index is -4.68. The standard InChI is InChI=1S/C21H25F3N2O5S/c1-4-32(29,30)26(9-10-31-3)18-13-5-6-14(11-13)19(27)17(18)20(28)15-7-8-16(21(22,23)24)25-12(15)2/h7-8,13-14H,4-6,9-11H2,1-3H3. The summed E-state index contributed by atoms with van der Waals surface area (Å²) in [7, 11) is -2.43. The first-order valence-electron chi connectivity index (χ1n) is 10.3. The Kier molecular flexibility index (Phi) is 6.80. The van der Waals surface area contributed by atoms with Crippen LogP contribution in [-0.2, 0) is 25.7 Å². The second-order valence-electron chi connectivity index (χ2n) is 7.95. The number of hydrogen-bond acceptors (Lipinski definition) is 6. The molecular formula is C21H25F3N2O5S. The monoisotopic (exact) mass is 474 g/mol. The maximum Gasteiger partial charge on any atom is 0.433 e. The minimum absolute atomic E-state index is 0.0510. The summed E-state index contributed by atoms with van der Waals surface area (Å²) < 4.78 is 70.9. The number of methoxy groups -OCH3 is 1. The Morgan fingerprint density at radius 1 is 1.25 bits per heavy atom. The highest BCUT2D eigenvalue weighted by Gasteiger charge is 2.47. The van der Waals surface area contributed by atoms with Gasteiger partial charge in [-0.15, -0.1) is 0 Å². The van der Waals surface area contributed by atoms with E-state index in [1.54, 1.807) is 0 Å². The van der Waals surface area contributed by atoms with Gasteiger partial charge in [0.15, 0.2) is 11.6 Å².